The third-order valence-corrected chi connectivity index (χ3v) is 3.59. The summed E-state index contributed by atoms with van der Waals surface area (Å²) in [5.74, 6) is 0. The lowest BCUT2D eigenvalue weighted by Gasteiger charge is -2.19. The summed E-state index contributed by atoms with van der Waals surface area (Å²) >= 11 is 0. The Morgan fingerprint density at radius 3 is 2.28 bits per heavy atom. The molecule has 1 N–H and O–H groups in total. The molecule has 0 bridgehead atoms. The number of unbranched alkanes of at least 4 members (excludes halogenated alkanes) is 1. The van der Waals surface area contributed by atoms with Gasteiger partial charge in [0.15, 0.2) is 0 Å². The SMILES string of the molecule is COCCCCC(=NOCCNC(=O)OC(C)(C)C)c1ccc(C(F)(F)F)cc1. The van der Waals surface area contributed by atoms with Gasteiger partial charge in [0.05, 0.1) is 17.8 Å². The molecule has 1 aromatic carbocycles. The Balaban J connectivity index is 2.65. The zero-order valence-electron chi connectivity index (χ0n) is 17.3. The zero-order chi connectivity index (χ0) is 21.9. The third-order valence-electron chi connectivity index (χ3n) is 3.59. The number of rotatable bonds is 10. The average Bonchev–Trinajstić information content (AvgIpc) is 2.61. The van der Waals surface area contributed by atoms with Gasteiger partial charge in [-0.3, -0.25) is 0 Å². The van der Waals surface area contributed by atoms with Gasteiger partial charge >= 0.3 is 12.3 Å². The van der Waals surface area contributed by atoms with Gasteiger partial charge < -0.3 is 19.6 Å². The summed E-state index contributed by atoms with van der Waals surface area (Å²) in [6.45, 7) is 6.14. The van der Waals surface area contributed by atoms with Crippen molar-refractivity contribution in [3.63, 3.8) is 0 Å². The Morgan fingerprint density at radius 1 is 1.07 bits per heavy atom. The van der Waals surface area contributed by atoms with Gasteiger partial charge in [0.2, 0.25) is 0 Å². The highest BCUT2D eigenvalue weighted by molar-refractivity contribution is 6.00. The van der Waals surface area contributed by atoms with Crippen molar-refractivity contribution in [1.29, 1.82) is 0 Å². The molecule has 29 heavy (non-hydrogen) atoms. The predicted octanol–water partition coefficient (Wildman–Crippen LogP) is 4.77. The van der Waals surface area contributed by atoms with Crippen LogP contribution in [-0.4, -0.2) is 44.3 Å². The Morgan fingerprint density at radius 2 is 1.72 bits per heavy atom. The molecule has 0 unspecified atom stereocenters. The van der Waals surface area contributed by atoms with Crippen molar-refractivity contribution in [1.82, 2.24) is 5.32 Å². The summed E-state index contributed by atoms with van der Waals surface area (Å²) in [4.78, 5) is 16.8. The minimum atomic E-state index is -4.39. The second-order valence-electron chi connectivity index (χ2n) is 7.32. The maximum atomic E-state index is 12.8. The van der Waals surface area contributed by atoms with Crippen molar-refractivity contribution < 1.29 is 32.3 Å². The van der Waals surface area contributed by atoms with E-state index in [1.54, 1.807) is 27.9 Å². The van der Waals surface area contributed by atoms with Crippen LogP contribution in [0, 0.1) is 0 Å². The van der Waals surface area contributed by atoms with Crippen LogP contribution in [0.3, 0.4) is 0 Å². The van der Waals surface area contributed by atoms with Gasteiger partial charge in [0.1, 0.15) is 12.2 Å². The number of alkyl halides is 3. The number of nitrogens with zero attached hydrogens (tertiary/aromatic N) is 1. The molecule has 0 aliphatic carbocycles. The fraction of sp³-hybridized carbons (Fsp3) is 0.600. The maximum absolute atomic E-state index is 12.8. The van der Waals surface area contributed by atoms with Crippen LogP contribution in [0.1, 0.15) is 51.2 Å². The van der Waals surface area contributed by atoms with E-state index in [4.69, 9.17) is 14.3 Å². The minimum absolute atomic E-state index is 0.0987. The van der Waals surface area contributed by atoms with E-state index in [0.717, 1.165) is 25.0 Å². The summed E-state index contributed by atoms with van der Waals surface area (Å²) in [5.41, 5.74) is -0.230. The van der Waals surface area contributed by atoms with Crippen LogP contribution in [0.25, 0.3) is 0 Å². The fourth-order valence-electron chi connectivity index (χ4n) is 2.27. The van der Waals surface area contributed by atoms with Crippen LogP contribution in [-0.2, 0) is 20.5 Å². The van der Waals surface area contributed by atoms with E-state index in [2.05, 4.69) is 10.5 Å². The molecule has 164 valence electrons. The lowest BCUT2D eigenvalue weighted by Crippen LogP contribution is -2.34. The molecule has 0 spiro atoms. The normalized spacial score (nSPS) is 12.6. The van der Waals surface area contributed by atoms with E-state index in [0.29, 0.717) is 24.3 Å². The number of carbonyl (C=O) groups excluding carboxylic acids is 1. The first kappa shape index (κ1) is 24.7. The standard InChI is InChI=1S/C20H29F3N2O4/c1-19(2,3)29-18(26)24-12-14-28-25-17(7-5-6-13-27-4)15-8-10-16(11-9-15)20(21,22)23/h8-11H,5-7,12-14H2,1-4H3,(H,24,26). The molecule has 0 saturated carbocycles. The Bertz CT molecular complexity index is 653. The highest BCUT2D eigenvalue weighted by Gasteiger charge is 2.30. The smallest absolute Gasteiger partial charge is 0.416 e. The van der Waals surface area contributed by atoms with Crippen LogP contribution in [0.15, 0.2) is 29.4 Å². The number of ether oxygens (including phenoxy) is 2. The minimum Gasteiger partial charge on any atom is -0.444 e. The van der Waals surface area contributed by atoms with Crippen LogP contribution in [0.5, 0.6) is 0 Å². The van der Waals surface area contributed by atoms with Gasteiger partial charge in [-0.2, -0.15) is 13.2 Å². The van der Waals surface area contributed by atoms with Gasteiger partial charge in [-0.25, -0.2) is 4.79 Å². The van der Waals surface area contributed by atoms with Crippen molar-refractivity contribution >= 4 is 11.8 Å². The first-order valence-electron chi connectivity index (χ1n) is 9.35. The number of methoxy groups -OCH3 is 1. The van der Waals surface area contributed by atoms with E-state index >= 15 is 0 Å². The molecule has 0 fully saturated rings. The molecule has 1 rings (SSSR count). The number of hydrogen-bond donors (Lipinski definition) is 1. The highest BCUT2D eigenvalue weighted by Crippen LogP contribution is 2.29. The van der Waals surface area contributed by atoms with Crippen LogP contribution in [0.2, 0.25) is 0 Å². The fourth-order valence-corrected chi connectivity index (χ4v) is 2.27. The second kappa shape index (κ2) is 11.6. The molecule has 0 radical (unpaired) electrons. The molecule has 0 aliphatic rings. The largest absolute Gasteiger partial charge is 0.444 e. The molecule has 1 amide bonds. The van der Waals surface area contributed by atoms with Crippen LogP contribution >= 0.6 is 0 Å². The molecule has 0 saturated heterocycles. The molecular weight excluding hydrogens is 389 g/mol. The number of nitrogens with one attached hydrogen (secondary N) is 1. The monoisotopic (exact) mass is 418 g/mol. The molecule has 0 aliphatic heterocycles. The quantitative estimate of drug-likeness (QED) is 0.338. The van der Waals surface area contributed by atoms with Gasteiger partial charge in [-0.15, -0.1) is 0 Å². The van der Waals surface area contributed by atoms with Gasteiger partial charge in [-0.1, -0.05) is 17.3 Å². The Hall–Kier alpha value is -2.29. The zero-order valence-corrected chi connectivity index (χ0v) is 17.3. The van der Waals surface area contributed by atoms with E-state index < -0.39 is 23.4 Å². The van der Waals surface area contributed by atoms with Crippen molar-refractivity contribution in [3.05, 3.63) is 35.4 Å². The summed E-state index contributed by atoms with van der Waals surface area (Å²) < 4.78 is 48.4. The van der Waals surface area contributed by atoms with Gasteiger partial charge in [0.25, 0.3) is 0 Å². The van der Waals surface area contributed by atoms with E-state index in [-0.39, 0.29) is 13.2 Å². The first-order chi connectivity index (χ1) is 13.5. The molecule has 0 atom stereocenters. The molecule has 0 aromatic heterocycles. The molecule has 6 nitrogen and oxygen atoms in total. The lowest BCUT2D eigenvalue weighted by atomic mass is 10.0. The molecule has 9 heteroatoms. The molecule has 1 aromatic rings. The topological polar surface area (TPSA) is 69.2 Å². The predicted molar refractivity (Wildman–Crippen MR) is 104 cm³/mol. The number of benzene rings is 1. The van der Waals surface area contributed by atoms with E-state index in [1.165, 1.54) is 12.1 Å². The number of oxime groups is 1. The Labute approximate surface area is 169 Å². The number of amides is 1. The summed E-state index contributed by atoms with van der Waals surface area (Å²) in [7, 11) is 1.60. The number of hydrogen-bond acceptors (Lipinski definition) is 5. The van der Waals surface area contributed by atoms with Gasteiger partial charge in [-0.05, 0) is 57.7 Å². The van der Waals surface area contributed by atoms with Crippen LogP contribution in [0.4, 0.5) is 18.0 Å². The molecule has 0 heterocycles. The van der Waals surface area contributed by atoms with Crippen molar-refractivity contribution in [2.45, 2.75) is 51.8 Å². The third kappa shape index (κ3) is 10.7. The summed E-state index contributed by atoms with van der Waals surface area (Å²) in [6.07, 6.45) is -2.90. The van der Waals surface area contributed by atoms with E-state index in [9.17, 15) is 18.0 Å². The number of carbonyl (C=O) groups is 1. The van der Waals surface area contributed by atoms with Gasteiger partial charge in [0, 0.05) is 13.7 Å². The first-order valence-corrected chi connectivity index (χ1v) is 9.35. The lowest BCUT2D eigenvalue weighted by molar-refractivity contribution is -0.137. The van der Waals surface area contributed by atoms with Crippen molar-refractivity contribution in [3.8, 4) is 0 Å². The summed E-state index contributed by atoms with van der Waals surface area (Å²) in [5, 5.41) is 6.60. The second-order valence-corrected chi connectivity index (χ2v) is 7.32. The highest BCUT2D eigenvalue weighted by atomic mass is 19.4. The van der Waals surface area contributed by atoms with Crippen molar-refractivity contribution in [2.24, 2.45) is 5.16 Å². The van der Waals surface area contributed by atoms with Crippen molar-refractivity contribution in [2.75, 3.05) is 26.9 Å². The Kier molecular flexibility index (Phi) is 9.94. The van der Waals surface area contributed by atoms with Crippen LogP contribution < -0.4 is 5.32 Å². The number of alkyl carbamates (subject to hydrolysis) is 1. The van der Waals surface area contributed by atoms with E-state index in [1.807, 2.05) is 0 Å². The molecular formula is C20H29F3N2O4. The summed E-state index contributed by atoms with van der Waals surface area (Å²) in [6, 6.07) is 4.79. The number of halogens is 3. The average molecular weight is 418 g/mol. The maximum Gasteiger partial charge on any atom is 0.416 e.